The number of hydrogen-bond donors (Lipinski definition) is 1. The highest BCUT2D eigenvalue weighted by Crippen LogP contribution is 2.20. The van der Waals surface area contributed by atoms with Crippen LogP contribution in [0.2, 0.25) is 0 Å². The number of fused-ring (bicyclic) bond motifs is 1. The molecule has 0 saturated carbocycles. The molecule has 1 aromatic carbocycles. The first kappa shape index (κ1) is 13.7. The van der Waals surface area contributed by atoms with Crippen molar-refractivity contribution in [3.05, 3.63) is 30.3 Å². The van der Waals surface area contributed by atoms with E-state index in [0.29, 0.717) is 11.3 Å². The fourth-order valence-electron chi connectivity index (χ4n) is 2.06. The molecule has 4 nitrogen and oxygen atoms in total. The monoisotopic (exact) mass is 262 g/mol. The molecule has 0 saturated heterocycles. The molecule has 0 atom stereocenters. The summed E-state index contributed by atoms with van der Waals surface area (Å²) in [6, 6.07) is 4.92. The van der Waals surface area contributed by atoms with E-state index in [0.717, 1.165) is 31.6 Å². The quantitative estimate of drug-likeness (QED) is 0.868. The first-order chi connectivity index (χ1) is 9.26. The molecule has 0 aliphatic heterocycles. The van der Waals surface area contributed by atoms with Crippen LogP contribution in [-0.4, -0.2) is 41.0 Å². The minimum atomic E-state index is -0.313. The van der Waals surface area contributed by atoms with Crippen molar-refractivity contribution in [3.8, 4) is 0 Å². The van der Waals surface area contributed by atoms with Gasteiger partial charge in [-0.1, -0.05) is 19.9 Å². The van der Waals surface area contributed by atoms with Gasteiger partial charge in [0.2, 0.25) is 0 Å². The van der Waals surface area contributed by atoms with Crippen LogP contribution in [-0.2, 0) is 0 Å². The van der Waals surface area contributed by atoms with Crippen LogP contribution in [0.1, 0.15) is 13.8 Å². The minimum Gasteiger partial charge on any atom is -0.368 e. The Morgan fingerprint density at radius 2 is 2.00 bits per heavy atom. The average Bonchev–Trinajstić information content (AvgIpc) is 2.44. The molecule has 1 aromatic heterocycles. The van der Waals surface area contributed by atoms with Crippen molar-refractivity contribution in [1.29, 1.82) is 0 Å². The van der Waals surface area contributed by atoms with E-state index < -0.39 is 0 Å². The number of halogens is 1. The van der Waals surface area contributed by atoms with Crippen molar-refractivity contribution < 1.29 is 4.39 Å². The average molecular weight is 262 g/mol. The van der Waals surface area contributed by atoms with E-state index >= 15 is 0 Å². The molecule has 19 heavy (non-hydrogen) atoms. The van der Waals surface area contributed by atoms with Crippen LogP contribution >= 0.6 is 0 Å². The minimum absolute atomic E-state index is 0.313. The fraction of sp³-hybridized carbons (Fsp3) is 0.429. The molecule has 102 valence electrons. The van der Waals surface area contributed by atoms with Crippen molar-refractivity contribution in [2.75, 3.05) is 31.5 Å². The summed E-state index contributed by atoms with van der Waals surface area (Å²) in [4.78, 5) is 10.5. The Morgan fingerprint density at radius 1 is 1.21 bits per heavy atom. The van der Waals surface area contributed by atoms with Gasteiger partial charge in [-0.05, 0) is 25.2 Å². The fourth-order valence-corrected chi connectivity index (χ4v) is 2.06. The number of nitrogens with zero attached hydrogens (tertiary/aromatic N) is 3. The summed E-state index contributed by atoms with van der Waals surface area (Å²) < 4.78 is 13.6. The van der Waals surface area contributed by atoms with E-state index in [1.165, 1.54) is 12.4 Å². The summed E-state index contributed by atoms with van der Waals surface area (Å²) >= 11 is 0. The number of nitrogens with one attached hydrogen (secondary N) is 1. The molecule has 2 rings (SSSR count). The topological polar surface area (TPSA) is 41.0 Å². The Kier molecular flexibility index (Phi) is 4.63. The molecular formula is C14H19FN4. The normalized spacial score (nSPS) is 11.2. The summed E-state index contributed by atoms with van der Waals surface area (Å²) in [7, 11) is 0. The lowest BCUT2D eigenvalue weighted by Crippen LogP contribution is -2.28. The molecular weight excluding hydrogens is 243 g/mol. The summed E-state index contributed by atoms with van der Waals surface area (Å²) in [6.45, 7) is 8.05. The molecule has 0 aliphatic carbocycles. The van der Waals surface area contributed by atoms with Gasteiger partial charge in [0.05, 0.1) is 0 Å². The summed E-state index contributed by atoms with van der Waals surface area (Å²) in [5.74, 6) is 0.378. The molecule has 0 amide bonds. The highest BCUT2D eigenvalue weighted by molar-refractivity contribution is 5.89. The number of benzene rings is 1. The van der Waals surface area contributed by atoms with E-state index in [1.54, 1.807) is 6.07 Å². The zero-order valence-electron chi connectivity index (χ0n) is 11.4. The van der Waals surface area contributed by atoms with Gasteiger partial charge in [0.15, 0.2) is 0 Å². The largest absolute Gasteiger partial charge is 0.368 e. The van der Waals surface area contributed by atoms with Gasteiger partial charge < -0.3 is 10.2 Å². The van der Waals surface area contributed by atoms with Gasteiger partial charge in [0.25, 0.3) is 0 Å². The van der Waals surface area contributed by atoms with Crippen LogP contribution in [0.4, 0.5) is 10.2 Å². The van der Waals surface area contributed by atoms with Crippen molar-refractivity contribution in [3.63, 3.8) is 0 Å². The van der Waals surface area contributed by atoms with Crippen molar-refractivity contribution in [1.82, 2.24) is 14.9 Å². The number of aromatic nitrogens is 2. The van der Waals surface area contributed by atoms with E-state index in [4.69, 9.17) is 0 Å². The van der Waals surface area contributed by atoms with Gasteiger partial charge >= 0.3 is 0 Å². The van der Waals surface area contributed by atoms with Crippen molar-refractivity contribution in [2.24, 2.45) is 0 Å². The van der Waals surface area contributed by atoms with E-state index in [9.17, 15) is 4.39 Å². The highest BCUT2D eigenvalue weighted by Gasteiger charge is 2.07. The molecule has 0 unspecified atom stereocenters. The van der Waals surface area contributed by atoms with Gasteiger partial charge in [0, 0.05) is 18.5 Å². The van der Waals surface area contributed by atoms with Crippen molar-refractivity contribution >= 4 is 16.7 Å². The molecule has 2 aromatic rings. The first-order valence-electron chi connectivity index (χ1n) is 6.61. The van der Waals surface area contributed by atoms with Gasteiger partial charge in [-0.25, -0.2) is 14.4 Å². The molecule has 0 bridgehead atoms. The van der Waals surface area contributed by atoms with Crippen molar-refractivity contribution in [2.45, 2.75) is 13.8 Å². The molecule has 0 aliphatic rings. The standard InChI is InChI=1S/C14H19FN4/c1-3-19(4-2)9-8-16-14-11-6-5-7-12(15)13(11)17-10-18-14/h5-7,10H,3-4,8-9H2,1-2H3,(H,16,17,18). The molecule has 5 heteroatoms. The van der Waals surface area contributed by atoms with Crippen LogP contribution in [0.25, 0.3) is 10.9 Å². The highest BCUT2D eigenvalue weighted by atomic mass is 19.1. The van der Waals surface area contributed by atoms with Gasteiger partial charge in [-0.15, -0.1) is 0 Å². The molecule has 1 N–H and O–H groups in total. The van der Waals surface area contributed by atoms with Crippen LogP contribution in [0, 0.1) is 5.82 Å². The summed E-state index contributed by atoms with van der Waals surface area (Å²) in [5.41, 5.74) is 0.364. The zero-order valence-corrected chi connectivity index (χ0v) is 11.4. The first-order valence-corrected chi connectivity index (χ1v) is 6.61. The second-order valence-electron chi connectivity index (χ2n) is 4.31. The van der Waals surface area contributed by atoms with Crippen LogP contribution < -0.4 is 5.32 Å². The number of anilines is 1. The van der Waals surface area contributed by atoms with E-state index in [2.05, 4.69) is 34.0 Å². The third-order valence-corrected chi connectivity index (χ3v) is 3.23. The Balaban J connectivity index is 2.11. The third-order valence-electron chi connectivity index (χ3n) is 3.23. The Morgan fingerprint density at radius 3 is 2.74 bits per heavy atom. The third kappa shape index (κ3) is 3.17. The lowest BCUT2D eigenvalue weighted by molar-refractivity contribution is 0.316. The van der Waals surface area contributed by atoms with Crippen LogP contribution in [0.5, 0.6) is 0 Å². The lowest BCUT2D eigenvalue weighted by atomic mass is 10.2. The number of likely N-dealkylation sites (N-methyl/N-ethyl adjacent to an activating group) is 1. The smallest absolute Gasteiger partial charge is 0.149 e. The van der Waals surface area contributed by atoms with Gasteiger partial charge in [0.1, 0.15) is 23.5 Å². The second kappa shape index (κ2) is 6.43. The maximum atomic E-state index is 13.6. The predicted molar refractivity (Wildman–Crippen MR) is 75.8 cm³/mol. The number of para-hydroxylation sites is 1. The van der Waals surface area contributed by atoms with E-state index in [1.807, 2.05) is 6.07 Å². The maximum absolute atomic E-state index is 13.6. The van der Waals surface area contributed by atoms with Crippen LogP contribution in [0.15, 0.2) is 24.5 Å². The lowest BCUT2D eigenvalue weighted by Gasteiger charge is -2.18. The summed E-state index contributed by atoms with van der Waals surface area (Å²) in [6.07, 6.45) is 1.39. The molecule has 0 fully saturated rings. The summed E-state index contributed by atoms with van der Waals surface area (Å²) in [5, 5.41) is 3.98. The van der Waals surface area contributed by atoms with E-state index in [-0.39, 0.29) is 5.82 Å². The number of rotatable bonds is 6. The zero-order chi connectivity index (χ0) is 13.7. The molecule has 0 radical (unpaired) electrons. The number of hydrogen-bond acceptors (Lipinski definition) is 4. The Bertz CT molecular complexity index is 540. The SMILES string of the molecule is CCN(CC)CCNc1ncnc2c(F)cccc12. The maximum Gasteiger partial charge on any atom is 0.149 e. The van der Waals surface area contributed by atoms with Crippen LogP contribution in [0.3, 0.4) is 0 Å². The van der Waals surface area contributed by atoms with Gasteiger partial charge in [-0.3, -0.25) is 0 Å². The Labute approximate surface area is 112 Å². The van der Waals surface area contributed by atoms with Gasteiger partial charge in [-0.2, -0.15) is 0 Å². The molecule has 0 spiro atoms. The predicted octanol–water partition coefficient (Wildman–Crippen LogP) is 2.52. The molecule has 1 heterocycles. The second-order valence-corrected chi connectivity index (χ2v) is 4.31. The Hall–Kier alpha value is -1.75.